The fourth-order valence-corrected chi connectivity index (χ4v) is 3.92. The topological polar surface area (TPSA) is 99.8 Å². The van der Waals surface area contributed by atoms with Gasteiger partial charge in [-0.2, -0.15) is 0 Å². The average Bonchev–Trinajstić information content (AvgIpc) is 3.11. The number of rotatable bonds is 5. The molecule has 2 aliphatic rings. The molecule has 9 heteroatoms. The molecule has 1 fully saturated rings. The van der Waals surface area contributed by atoms with Crippen molar-refractivity contribution >= 4 is 23.6 Å². The zero-order valence-corrected chi connectivity index (χ0v) is 17.0. The second-order valence-corrected chi connectivity index (χ2v) is 7.46. The predicted octanol–water partition coefficient (Wildman–Crippen LogP) is 2.39. The van der Waals surface area contributed by atoms with Gasteiger partial charge >= 0.3 is 6.09 Å². The lowest BCUT2D eigenvalue weighted by Gasteiger charge is -2.30. The van der Waals surface area contributed by atoms with Crippen molar-refractivity contribution in [2.45, 2.75) is 32.0 Å². The van der Waals surface area contributed by atoms with Gasteiger partial charge in [0.2, 0.25) is 5.91 Å². The molecule has 4 rings (SSSR count). The van der Waals surface area contributed by atoms with Crippen LogP contribution in [0.15, 0.2) is 36.4 Å². The number of nitrogens with zero attached hydrogens (tertiary/aromatic N) is 1. The highest BCUT2D eigenvalue weighted by Gasteiger charge is 2.38. The molecule has 31 heavy (non-hydrogen) atoms. The molecule has 8 nitrogen and oxygen atoms in total. The summed E-state index contributed by atoms with van der Waals surface area (Å²) in [7, 11) is 1.44. The molecule has 0 unspecified atom stereocenters. The first kappa shape index (κ1) is 20.6. The van der Waals surface area contributed by atoms with Crippen LogP contribution in [-0.2, 0) is 17.9 Å². The molecular weight excluding hydrogens is 403 g/mol. The first-order valence-electron chi connectivity index (χ1n) is 10.1. The number of nitrogens with one attached hydrogen (secondary N) is 3. The van der Waals surface area contributed by atoms with Gasteiger partial charge in [-0.1, -0.05) is 6.07 Å². The molecule has 1 saturated heterocycles. The maximum atomic E-state index is 14.3. The highest BCUT2D eigenvalue weighted by Crippen LogP contribution is 2.32. The van der Waals surface area contributed by atoms with Gasteiger partial charge in [0, 0.05) is 49.1 Å². The van der Waals surface area contributed by atoms with Crippen LogP contribution in [0.3, 0.4) is 0 Å². The van der Waals surface area contributed by atoms with Crippen molar-refractivity contribution in [3.05, 3.63) is 58.9 Å². The number of benzene rings is 2. The van der Waals surface area contributed by atoms with E-state index >= 15 is 0 Å². The Balaban J connectivity index is 1.51. The summed E-state index contributed by atoms with van der Waals surface area (Å²) >= 11 is 0. The van der Waals surface area contributed by atoms with Crippen molar-refractivity contribution in [2.24, 2.45) is 0 Å². The summed E-state index contributed by atoms with van der Waals surface area (Å²) in [5.74, 6) is -0.522. The van der Waals surface area contributed by atoms with Crippen LogP contribution in [0, 0.1) is 5.82 Å². The third-order valence-corrected chi connectivity index (χ3v) is 5.53. The minimum atomic E-state index is -0.642. The van der Waals surface area contributed by atoms with Crippen LogP contribution in [0.5, 0.6) is 5.75 Å². The maximum absolute atomic E-state index is 14.3. The van der Waals surface area contributed by atoms with E-state index in [9.17, 15) is 18.8 Å². The van der Waals surface area contributed by atoms with Crippen LogP contribution in [0.1, 0.15) is 34.3 Å². The van der Waals surface area contributed by atoms with Gasteiger partial charge in [-0.05, 0) is 43.2 Å². The fourth-order valence-electron chi connectivity index (χ4n) is 3.92. The first-order valence-corrected chi connectivity index (χ1v) is 10.1. The number of anilines is 1. The lowest BCUT2D eigenvalue weighted by Crippen LogP contribution is -2.50. The van der Waals surface area contributed by atoms with Crippen molar-refractivity contribution in [3.8, 4) is 5.75 Å². The standard InChI is InChI=1S/C22H23FN4O4/c1-24-22(30)31-14-7-8-17(23)13(10-14)11-26-18-5-2-4-15-16(18)12-27(21(15)29)19-6-3-9-25-20(19)28/h2,4-5,7-8,10,19,26H,3,6,9,11-12H2,1H3,(H,24,30)(H,25,28)/t19-/m0/s1. The highest BCUT2D eigenvalue weighted by atomic mass is 19.1. The number of amides is 3. The molecule has 3 amide bonds. The minimum absolute atomic E-state index is 0.128. The molecule has 2 aromatic rings. The number of fused-ring (bicyclic) bond motifs is 1. The Morgan fingerprint density at radius 3 is 2.90 bits per heavy atom. The normalized spacial score (nSPS) is 17.7. The van der Waals surface area contributed by atoms with Crippen LogP contribution < -0.4 is 20.7 Å². The summed E-state index contributed by atoms with van der Waals surface area (Å²) < 4.78 is 19.3. The van der Waals surface area contributed by atoms with E-state index in [0.717, 1.165) is 12.0 Å². The van der Waals surface area contributed by atoms with Gasteiger partial charge in [-0.15, -0.1) is 0 Å². The maximum Gasteiger partial charge on any atom is 0.412 e. The molecule has 0 aromatic heterocycles. The van der Waals surface area contributed by atoms with Gasteiger partial charge in [0.15, 0.2) is 0 Å². The van der Waals surface area contributed by atoms with Gasteiger partial charge in [0.25, 0.3) is 5.91 Å². The number of halogens is 1. The van der Waals surface area contributed by atoms with E-state index in [2.05, 4.69) is 16.0 Å². The number of ether oxygens (including phenoxy) is 1. The van der Waals surface area contributed by atoms with Gasteiger partial charge < -0.3 is 25.6 Å². The summed E-state index contributed by atoms with van der Waals surface area (Å²) in [5, 5.41) is 8.33. The Labute approximate surface area is 178 Å². The Kier molecular flexibility index (Phi) is 5.75. The number of hydrogen-bond acceptors (Lipinski definition) is 5. The number of carbonyl (C=O) groups excluding carboxylic acids is 3. The van der Waals surface area contributed by atoms with Crippen LogP contribution in [0.4, 0.5) is 14.9 Å². The predicted molar refractivity (Wildman–Crippen MR) is 111 cm³/mol. The molecule has 0 saturated carbocycles. The average molecular weight is 426 g/mol. The van der Waals surface area contributed by atoms with Crippen molar-refractivity contribution in [1.82, 2.24) is 15.5 Å². The second kappa shape index (κ2) is 8.63. The molecule has 1 atom stereocenters. The van der Waals surface area contributed by atoms with Crippen molar-refractivity contribution in [2.75, 3.05) is 18.9 Å². The lowest BCUT2D eigenvalue weighted by atomic mass is 10.1. The summed E-state index contributed by atoms with van der Waals surface area (Å²) in [6, 6.07) is 8.90. The third-order valence-electron chi connectivity index (χ3n) is 5.53. The zero-order valence-electron chi connectivity index (χ0n) is 17.0. The van der Waals surface area contributed by atoms with E-state index in [0.29, 0.717) is 36.3 Å². The Morgan fingerprint density at radius 1 is 1.29 bits per heavy atom. The van der Waals surface area contributed by atoms with Gasteiger partial charge in [-0.3, -0.25) is 9.59 Å². The van der Waals surface area contributed by atoms with Crippen LogP contribution >= 0.6 is 0 Å². The summed E-state index contributed by atoms with van der Waals surface area (Å²) in [6.07, 6.45) is 0.823. The van der Waals surface area contributed by atoms with E-state index in [1.165, 1.54) is 25.2 Å². The third kappa shape index (κ3) is 4.16. The summed E-state index contributed by atoms with van der Waals surface area (Å²) in [4.78, 5) is 38.1. The van der Waals surface area contributed by atoms with Crippen molar-refractivity contribution < 1.29 is 23.5 Å². The Hall–Kier alpha value is -3.62. The SMILES string of the molecule is CNC(=O)Oc1ccc(F)c(CNc2cccc3c2CN([C@H]2CCCNC2=O)C3=O)c1. The molecule has 0 aliphatic carbocycles. The molecule has 0 radical (unpaired) electrons. The monoisotopic (exact) mass is 426 g/mol. The molecule has 162 valence electrons. The smallest absolute Gasteiger partial charge is 0.410 e. The molecule has 2 aliphatic heterocycles. The first-order chi connectivity index (χ1) is 15.0. The van der Waals surface area contributed by atoms with E-state index < -0.39 is 18.0 Å². The molecule has 2 heterocycles. The molecular formula is C22H23FN4O4. The van der Waals surface area contributed by atoms with E-state index in [1.54, 1.807) is 17.0 Å². The molecule has 2 aromatic carbocycles. The molecule has 3 N–H and O–H groups in total. The van der Waals surface area contributed by atoms with Crippen LogP contribution in [-0.4, -0.2) is 42.4 Å². The highest BCUT2D eigenvalue weighted by molar-refractivity contribution is 6.02. The number of piperidine rings is 1. The number of carbonyl (C=O) groups is 3. The van der Waals surface area contributed by atoms with Gasteiger partial charge in [-0.25, -0.2) is 9.18 Å². The van der Waals surface area contributed by atoms with Crippen LogP contribution in [0.2, 0.25) is 0 Å². The minimum Gasteiger partial charge on any atom is -0.410 e. The molecule has 0 spiro atoms. The van der Waals surface area contributed by atoms with E-state index in [4.69, 9.17) is 4.74 Å². The second-order valence-electron chi connectivity index (χ2n) is 7.46. The van der Waals surface area contributed by atoms with E-state index in [1.807, 2.05) is 6.07 Å². The number of hydrogen-bond donors (Lipinski definition) is 3. The summed E-state index contributed by atoms with van der Waals surface area (Å²) in [5.41, 5.74) is 2.33. The van der Waals surface area contributed by atoms with Crippen LogP contribution in [0.25, 0.3) is 0 Å². The Bertz CT molecular complexity index is 1040. The van der Waals surface area contributed by atoms with E-state index in [-0.39, 0.29) is 24.1 Å². The molecule has 0 bridgehead atoms. The summed E-state index contributed by atoms with van der Waals surface area (Å²) in [6.45, 7) is 1.08. The van der Waals surface area contributed by atoms with Gasteiger partial charge in [0.05, 0.1) is 0 Å². The quantitative estimate of drug-likeness (QED) is 0.682. The fraction of sp³-hybridized carbons (Fsp3) is 0.318. The Morgan fingerprint density at radius 2 is 2.13 bits per heavy atom. The largest absolute Gasteiger partial charge is 0.412 e. The lowest BCUT2D eigenvalue weighted by molar-refractivity contribution is -0.127. The van der Waals surface area contributed by atoms with Crippen molar-refractivity contribution in [1.29, 1.82) is 0 Å². The van der Waals surface area contributed by atoms with Crippen molar-refractivity contribution in [3.63, 3.8) is 0 Å². The van der Waals surface area contributed by atoms with Gasteiger partial charge in [0.1, 0.15) is 17.6 Å². The zero-order chi connectivity index (χ0) is 22.0.